The number of rotatable bonds is 2. The van der Waals surface area contributed by atoms with E-state index in [0.717, 1.165) is 37.9 Å². The fourth-order valence-corrected chi connectivity index (χ4v) is 2.26. The van der Waals surface area contributed by atoms with Crippen LogP contribution in [0.5, 0.6) is 0 Å². The van der Waals surface area contributed by atoms with E-state index in [9.17, 15) is 9.90 Å². The summed E-state index contributed by atoms with van der Waals surface area (Å²) in [6, 6.07) is 0.153. The maximum absolute atomic E-state index is 11.9. The van der Waals surface area contributed by atoms with E-state index in [1.807, 2.05) is 6.92 Å². The molecule has 90 valence electrons. The lowest BCUT2D eigenvalue weighted by molar-refractivity contribution is -0.118. The molecule has 1 heterocycles. The Morgan fingerprint density at radius 2 is 2.19 bits per heavy atom. The summed E-state index contributed by atoms with van der Waals surface area (Å²) < 4.78 is 0. The molecule has 2 rings (SSSR count). The first kappa shape index (κ1) is 11.6. The van der Waals surface area contributed by atoms with Crippen LogP contribution in [0.25, 0.3) is 0 Å². The van der Waals surface area contributed by atoms with Crippen LogP contribution in [0, 0.1) is 0 Å². The van der Waals surface area contributed by atoms with E-state index in [0.29, 0.717) is 6.42 Å². The fraction of sp³-hybridized carbons (Fsp3) is 0.750. The number of carbonyl (C=O) groups excluding carboxylic acids is 1. The van der Waals surface area contributed by atoms with Crippen LogP contribution in [0.4, 0.5) is 0 Å². The van der Waals surface area contributed by atoms with Gasteiger partial charge >= 0.3 is 0 Å². The van der Waals surface area contributed by atoms with Gasteiger partial charge in [-0.05, 0) is 38.2 Å². The molecule has 1 saturated carbocycles. The standard InChI is InChI=1S/C12H20N2O2/c1-8(9-6-13-7-9)12(16)14-10-3-2-4-11(15)5-10/h10-11,13,15H,2-7H2,1H3,(H,14,16). The normalized spacial score (nSPS) is 29.5. The number of hydrogen-bond donors (Lipinski definition) is 3. The van der Waals surface area contributed by atoms with Crippen molar-refractivity contribution >= 4 is 5.91 Å². The molecule has 2 unspecified atom stereocenters. The average Bonchev–Trinajstić information content (AvgIpc) is 2.14. The Kier molecular flexibility index (Phi) is 3.61. The topological polar surface area (TPSA) is 61.4 Å². The third-order valence-corrected chi connectivity index (χ3v) is 3.53. The van der Waals surface area contributed by atoms with Gasteiger partial charge in [0.25, 0.3) is 0 Å². The van der Waals surface area contributed by atoms with Crippen LogP contribution in [0.15, 0.2) is 11.1 Å². The van der Waals surface area contributed by atoms with E-state index in [1.54, 1.807) is 0 Å². The van der Waals surface area contributed by atoms with Gasteiger partial charge < -0.3 is 15.7 Å². The predicted octanol–water partition coefficient (Wildman–Crippen LogP) is 0.326. The van der Waals surface area contributed by atoms with Gasteiger partial charge in [0.1, 0.15) is 0 Å². The Morgan fingerprint density at radius 3 is 2.75 bits per heavy atom. The zero-order chi connectivity index (χ0) is 11.5. The van der Waals surface area contributed by atoms with E-state index in [2.05, 4.69) is 10.6 Å². The minimum absolute atomic E-state index is 0.0376. The van der Waals surface area contributed by atoms with Crippen LogP contribution >= 0.6 is 0 Å². The molecule has 2 fully saturated rings. The van der Waals surface area contributed by atoms with Crippen molar-refractivity contribution < 1.29 is 9.90 Å². The number of nitrogens with one attached hydrogen (secondary N) is 2. The second-order valence-electron chi connectivity index (χ2n) is 4.82. The number of hydrogen-bond acceptors (Lipinski definition) is 3. The van der Waals surface area contributed by atoms with Crippen LogP contribution in [0.3, 0.4) is 0 Å². The van der Waals surface area contributed by atoms with Crippen molar-refractivity contribution in [1.29, 1.82) is 0 Å². The molecular weight excluding hydrogens is 204 g/mol. The molecule has 0 bridgehead atoms. The molecule has 2 atom stereocenters. The highest BCUT2D eigenvalue weighted by Gasteiger charge is 2.23. The van der Waals surface area contributed by atoms with Crippen LogP contribution < -0.4 is 10.6 Å². The van der Waals surface area contributed by atoms with Gasteiger partial charge in [0, 0.05) is 24.7 Å². The van der Waals surface area contributed by atoms with Gasteiger partial charge in [0.05, 0.1) is 6.10 Å². The highest BCUT2D eigenvalue weighted by atomic mass is 16.3. The smallest absolute Gasteiger partial charge is 0.247 e. The lowest BCUT2D eigenvalue weighted by Gasteiger charge is -2.28. The van der Waals surface area contributed by atoms with E-state index in [4.69, 9.17) is 0 Å². The second kappa shape index (κ2) is 4.97. The van der Waals surface area contributed by atoms with Crippen molar-refractivity contribution in [3.8, 4) is 0 Å². The molecule has 3 N–H and O–H groups in total. The van der Waals surface area contributed by atoms with Crippen LogP contribution in [0.1, 0.15) is 32.6 Å². The second-order valence-corrected chi connectivity index (χ2v) is 4.82. The van der Waals surface area contributed by atoms with Crippen LogP contribution in [0.2, 0.25) is 0 Å². The first-order valence-electron chi connectivity index (χ1n) is 6.05. The third-order valence-electron chi connectivity index (χ3n) is 3.53. The summed E-state index contributed by atoms with van der Waals surface area (Å²) in [6.07, 6.45) is 3.33. The van der Waals surface area contributed by atoms with E-state index >= 15 is 0 Å². The summed E-state index contributed by atoms with van der Waals surface area (Å²) in [4.78, 5) is 11.9. The van der Waals surface area contributed by atoms with Crippen LogP contribution in [-0.4, -0.2) is 36.2 Å². The molecule has 4 nitrogen and oxygen atoms in total. The molecule has 0 aromatic carbocycles. The van der Waals surface area contributed by atoms with Crippen LogP contribution in [-0.2, 0) is 4.79 Å². The molecule has 0 aromatic heterocycles. The fourth-order valence-electron chi connectivity index (χ4n) is 2.26. The summed E-state index contributed by atoms with van der Waals surface area (Å²) >= 11 is 0. The van der Waals surface area contributed by atoms with Crippen molar-refractivity contribution in [3.05, 3.63) is 11.1 Å². The highest BCUT2D eigenvalue weighted by molar-refractivity contribution is 5.94. The Hall–Kier alpha value is -0.870. The Bertz CT molecular complexity index is 306. The zero-order valence-electron chi connectivity index (χ0n) is 9.75. The van der Waals surface area contributed by atoms with Crippen molar-refractivity contribution in [2.24, 2.45) is 0 Å². The molecule has 2 aliphatic rings. The molecule has 0 spiro atoms. The van der Waals surface area contributed by atoms with Gasteiger partial charge in [-0.3, -0.25) is 4.79 Å². The molecule has 16 heavy (non-hydrogen) atoms. The molecule has 1 aliphatic heterocycles. The van der Waals surface area contributed by atoms with Crippen molar-refractivity contribution in [1.82, 2.24) is 10.6 Å². The van der Waals surface area contributed by atoms with E-state index in [-0.39, 0.29) is 18.1 Å². The number of aliphatic hydroxyl groups excluding tert-OH is 1. The summed E-state index contributed by atoms with van der Waals surface area (Å²) in [5.74, 6) is 0.0376. The zero-order valence-corrected chi connectivity index (χ0v) is 9.75. The summed E-state index contributed by atoms with van der Waals surface area (Å²) in [7, 11) is 0. The van der Waals surface area contributed by atoms with Gasteiger partial charge in [0.15, 0.2) is 0 Å². The lowest BCUT2D eigenvalue weighted by atomic mass is 9.92. The summed E-state index contributed by atoms with van der Waals surface area (Å²) in [6.45, 7) is 3.56. The molecule has 4 heteroatoms. The summed E-state index contributed by atoms with van der Waals surface area (Å²) in [5, 5.41) is 15.7. The maximum Gasteiger partial charge on any atom is 0.247 e. The number of carbonyl (C=O) groups is 1. The maximum atomic E-state index is 11.9. The molecule has 1 amide bonds. The molecule has 0 aromatic rings. The Balaban J connectivity index is 1.86. The predicted molar refractivity (Wildman–Crippen MR) is 62.0 cm³/mol. The largest absolute Gasteiger partial charge is 0.393 e. The van der Waals surface area contributed by atoms with E-state index in [1.165, 1.54) is 5.57 Å². The quantitative estimate of drug-likeness (QED) is 0.592. The molecular formula is C12H20N2O2. The Labute approximate surface area is 96.1 Å². The van der Waals surface area contributed by atoms with Crippen molar-refractivity contribution in [2.45, 2.75) is 44.8 Å². The first-order chi connectivity index (χ1) is 7.66. The lowest BCUT2D eigenvalue weighted by Crippen LogP contribution is -2.42. The average molecular weight is 224 g/mol. The SMILES string of the molecule is CC(C(=O)NC1CCCC(O)C1)=C1CNC1. The van der Waals surface area contributed by atoms with Gasteiger partial charge in [-0.15, -0.1) is 0 Å². The van der Waals surface area contributed by atoms with Gasteiger partial charge in [-0.2, -0.15) is 0 Å². The monoisotopic (exact) mass is 224 g/mol. The van der Waals surface area contributed by atoms with Gasteiger partial charge in [-0.1, -0.05) is 0 Å². The minimum atomic E-state index is -0.239. The van der Waals surface area contributed by atoms with Gasteiger partial charge in [0.2, 0.25) is 5.91 Å². The molecule has 1 aliphatic carbocycles. The number of amides is 1. The van der Waals surface area contributed by atoms with Gasteiger partial charge in [-0.25, -0.2) is 0 Å². The molecule has 0 radical (unpaired) electrons. The summed E-state index contributed by atoms with van der Waals surface area (Å²) in [5.41, 5.74) is 2.05. The number of aliphatic hydroxyl groups is 1. The third kappa shape index (κ3) is 2.62. The minimum Gasteiger partial charge on any atom is -0.393 e. The highest BCUT2D eigenvalue weighted by Crippen LogP contribution is 2.19. The molecule has 1 saturated heterocycles. The van der Waals surface area contributed by atoms with Crippen molar-refractivity contribution in [3.63, 3.8) is 0 Å². The Morgan fingerprint density at radius 1 is 1.44 bits per heavy atom. The van der Waals surface area contributed by atoms with E-state index < -0.39 is 0 Å². The van der Waals surface area contributed by atoms with Crippen molar-refractivity contribution in [2.75, 3.05) is 13.1 Å². The first-order valence-corrected chi connectivity index (χ1v) is 6.05.